The second kappa shape index (κ2) is 9.29. The van der Waals surface area contributed by atoms with Gasteiger partial charge in [0.1, 0.15) is 17.3 Å². The first-order valence-corrected chi connectivity index (χ1v) is 8.46. The van der Waals surface area contributed by atoms with Crippen molar-refractivity contribution in [3.05, 3.63) is 48.2 Å². The van der Waals surface area contributed by atoms with Crippen molar-refractivity contribution in [2.75, 3.05) is 38.2 Å². The third kappa shape index (κ3) is 5.02. The summed E-state index contributed by atoms with van der Waals surface area (Å²) < 4.78 is 5.14. The molecule has 1 aromatic carbocycles. The van der Waals surface area contributed by atoms with Crippen molar-refractivity contribution in [1.82, 2.24) is 9.88 Å². The van der Waals surface area contributed by atoms with E-state index >= 15 is 0 Å². The lowest BCUT2D eigenvalue weighted by atomic mass is 10.1. The SMILES string of the molecule is COc1ccc(CCC(=O)N2CCN(c3ccc(O)cn3)CC2)cc1.Cl. The lowest BCUT2D eigenvalue weighted by Crippen LogP contribution is -2.49. The van der Waals surface area contributed by atoms with E-state index in [-0.39, 0.29) is 24.1 Å². The van der Waals surface area contributed by atoms with Gasteiger partial charge in [0.15, 0.2) is 0 Å². The van der Waals surface area contributed by atoms with Crippen molar-refractivity contribution in [1.29, 1.82) is 0 Å². The molecule has 1 aliphatic heterocycles. The van der Waals surface area contributed by atoms with Gasteiger partial charge in [0.05, 0.1) is 13.3 Å². The molecule has 26 heavy (non-hydrogen) atoms. The number of pyridine rings is 1. The summed E-state index contributed by atoms with van der Waals surface area (Å²) in [6, 6.07) is 11.3. The van der Waals surface area contributed by atoms with Gasteiger partial charge in [-0.1, -0.05) is 12.1 Å². The molecular weight excluding hydrogens is 354 g/mol. The number of nitrogens with zero attached hydrogens (tertiary/aromatic N) is 3. The molecule has 1 N–H and O–H groups in total. The zero-order chi connectivity index (χ0) is 17.6. The molecule has 0 radical (unpaired) electrons. The molecule has 1 saturated heterocycles. The monoisotopic (exact) mass is 377 g/mol. The molecule has 0 atom stereocenters. The van der Waals surface area contributed by atoms with E-state index in [0.717, 1.165) is 36.6 Å². The molecule has 3 rings (SSSR count). The Balaban J connectivity index is 0.00000243. The number of aromatic hydroxyl groups is 1. The molecule has 0 spiro atoms. The highest BCUT2D eigenvalue weighted by Crippen LogP contribution is 2.17. The number of methoxy groups -OCH3 is 1. The zero-order valence-corrected chi connectivity index (χ0v) is 15.6. The first-order valence-electron chi connectivity index (χ1n) is 8.46. The Hall–Kier alpha value is -2.47. The largest absolute Gasteiger partial charge is 0.506 e. The number of anilines is 1. The van der Waals surface area contributed by atoms with E-state index in [9.17, 15) is 9.90 Å². The molecule has 0 unspecified atom stereocenters. The minimum absolute atomic E-state index is 0. The molecule has 1 amide bonds. The number of carbonyl (C=O) groups is 1. The fraction of sp³-hybridized carbons (Fsp3) is 0.368. The minimum Gasteiger partial charge on any atom is -0.506 e. The van der Waals surface area contributed by atoms with E-state index in [1.165, 1.54) is 6.20 Å². The van der Waals surface area contributed by atoms with E-state index in [4.69, 9.17) is 4.74 Å². The summed E-state index contributed by atoms with van der Waals surface area (Å²) in [5.41, 5.74) is 1.14. The van der Waals surface area contributed by atoms with Crippen LogP contribution in [-0.4, -0.2) is 54.2 Å². The maximum absolute atomic E-state index is 12.4. The molecule has 0 saturated carbocycles. The van der Waals surface area contributed by atoms with Gasteiger partial charge >= 0.3 is 0 Å². The zero-order valence-electron chi connectivity index (χ0n) is 14.8. The topological polar surface area (TPSA) is 65.9 Å². The fourth-order valence-electron chi connectivity index (χ4n) is 2.95. The lowest BCUT2D eigenvalue weighted by Gasteiger charge is -2.35. The Labute approximate surface area is 159 Å². The molecule has 0 aliphatic carbocycles. The number of aromatic nitrogens is 1. The summed E-state index contributed by atoms with van der Waals surface area (Å²) in [5.74, 6) is 2.02. The van der Waals surface area contributed by atoms with Crippen LogP contribution in [0.1, 0.15) is 12.0 Å². The van der Waals surface area contributed by atoms with Gasteiger partial charge in [-0.05, 0) is 36.2 Å². The van der Waals surface area contributed by atoms with Gasteiger partial charge in [0.2, 0.25) is 5.91 Å². The van der Waals surface area contributed by atoms with Crippen LogP contribution < -0.4 is 9.64 Å². The molecule has 1 aromatic heterocycles. The fourth-order valence-corrected chi connectivity index (χ4v) is 2.95. The number of rotatable bonds is 5. The summed E-state index contributed by atoms with van der Waals surface area (Å²) in [6.45, 7) is 2.91. The number of amides is 1. The number of piperazine rings is 1. The number of halogens is 1. The van der Waals surface area contributed by atoms with Crippen molar-refractivity contribution < 1.29 is 14.6 Å². The molecule has 1 fully saturated rings. The number of hydrogen-bond acceptors (Lipinski definition) is 5. The highest BCUT2D eigenvalue weighted by atomic mass is 35.5. The molecule has 2 heterocycles. The molecule has 1 aliphatic rings. The Morgan fingerprint density at radius 1 is 1.12 bits per heavy atom. The standard InChI is InChI=1S/C19H23N3O3.ClH/c1-25-17-6-2-15(3-7-17)4-9-19(24)22-12-10-21(11-13-22)18-8-5-16(23)14-20-18;/h2-3,5-8,14,23H,4,9-13H2,1H3;1H. The van der Waals surface area contributed by atoms with Gasteiger partial charge in [0, 0.05) is 32.6 Å². The van der Waals surface area contributed by atoms with Crippen LogP contribution in [0, 0.1) is 0 Å². The van der Waals surface area contributed by atoms with Crippen LogP contribution in [0.4, 0.5) is 5.82 Å². The predicted octanol–water partition coefficient (Wildman–Crippen LogP) is 2.50. The van der Waals surface area contributed by atoms with Crippen LogP contribution in [0.2, 0.25) is 0 Å². The van der Waals surface area contributed by atoms with Crippen LogP contribution in [0.15, 0.2) is 42.6 Å². The predicted molar refractivity (Wildman–Crippen MR) is 103 cm³/mol. The summed E-state index contributed by atoms with van der Waals surface area (Å²) in [4.78, 5) is 20.7. The lowest BCUT2D eigenvalue weighted by molar-refractivity contribution is -0.131. The second-order valence-corrected chi connectivity index (χ2v) is 6.09. The minimum atomic E-state index is 0. The van der Waals surface area contributed by atoms with E-state index in [1.54, 1.807) is 19.2 Å². The van der Waals surface area contributed by atoms with Crippen molar-refractivity contribution >= 4 is 24.1 Å². The molecule has 0 bridgehead atoms. The normalized spacial score (nSPS) is 13.9. The van der Waals surface area contributed by atoms with Crippen molar-refractivity contribution in [3.63, 3.8) is 0 Å². The Morgan fingerprint density at radius 2 is 1.81 bits per heavy atom. The average molecular weight is 378 g/mol. The maximum Gasteiger partial charge on any atom is 0.223 e. The summed E-state index contributed by atoms with van der Waals surface area (Å²) in [5, 5.41) is 9.31. The third-order valence-electron chi connectivity index (χ3n) is 4.48. The van der Waals surface area contributed by atoms with E-state index < -0.39 is 0 Å². The number of hydrogen-bond donors (Lipinski definition) is 1. The van der Waals surface area contributed by atoms with Crippen LogP contribution in [0.25, 0.3) is 0 Å². The molecule has 2 aromatic rings. The Morgan fingerprint density at radius 3 is 2.38 bits per heavy atom. The Bertz CT molecular complexity index is 699. The number of aryl methyl sites for hydroxylation is 1. The highest BCUT2D eigenvalue weighted by molar-refractivity contribution is 5.85. The van der Waals surface area contributed by atoms with Gasteiger partial charge in [-0.25, -0.2) is 4.98 Å². The van der Waals surface area contributed by atoms with Crippen LogP contribution in [-0.2, 0) is 11.2 Å². The third-order valence-corrected chi connectivity index (χ3v) is 4.48. The summed E-state index contributed by atoms with van der Waals surface area (Å²) in [7, 11) is 1.64. The number of carbonyl (C=O) groups excluding carboxylic acids is 1. The van der Waals surface area contributed by atoms with Crippen LogP contribution in [0.3, 0.4) is 0 Å². The maximum atomic E-state index is 12.4. The Kier molecular flexibility index (Phi) is 7.09. The van der Waals surface area contributed by atoms with Crippen molar-refractivity contribution in [2.24, 2.45) is 0 Å². The van der Waals surface area contributed by atoms with Crippen molar-refractivity contribution in [2.45, 2.75) is 12.8 Å². The van der Waals surface area contributed by atoms with E-state index in [1.807, 2.05) is 29.2 Å². The first kappa shape index (κ1) is 19.8. The summed E-state index contributed by atoms with van der Waals surface area (Å²) in [6.07, 6.45) is 2.70. The van der Waals surface area contributed by atoms with E-state index in [2.05, 4.69) is 9.88 Å². The van der Waals surface area contributed by atoms with Crippen LogP contribution in [0.5, 0.6) is 11.5 Å². The van der Waals surface area contributed by atoms with Gasteiger partial charge in [-0.15, -0.1) is 12.4 Å². The van der Waals surface area contributed by atoms with Gasteiger partial charge < -0.3 is 19.6 Å². The molecular formula is C19H24ClN3O3. The number of benzene rings is 1. The smallest absolute Gasteiger partial charge is 0.223 e. The number of ether oxygens (including phenoxy) is 1. The van der Waals surface area contributed by atoms with E-state index in [0.29, 0.717) is 19.5 Å². The van der Waals surface area contributed by atoms with Gasteiger partial charge in [0.25, 0.3) is 0 Å². The summed E-state index contributed by atoms with van der Waals surface area (Å²) >= 11 is 0. The van der Waals surface area contributed by atoms with Gasteiger partial charge in [-0.2, -0.15) is 0 Å². The molecule has 140 valence electrons. The molecule has 7 heteroatoms. The molecule has 6 nitrogen and oxygen atoms in total. The van der Waals surface area contributed by atoms with Crippen LogP contribution >= 0.6 is 12.4 Å². The van der Waals surface area contributed by atoms with Crippen molar-refractivity contribution in [3.8, 4) is 11.5 Å². The quantitative estimate of drug-likeness (QED) is 0.867. The van der Waals surface area contributed by atoms with Gasteiger partial charge in [-0.3, -0.25) is 4.79 Å². The second-order valence-electron chi connectivity index (χ2n) is 6.09. The first-order chi connectivity index (χ1) is 12.2. The highest BCUT2D eigenvalue weighted by Gasteiger charge is 2.21. The average Bonchev–Trinajstić information content (AvgIpc) is 2.67.